The molecule has 0 aliphatic heterocycles. The van der Waals surface area contributed by atoms with Gasteiger partial charge in [-0.2, -0.15) is 0 Å². The van der Waals surface area contributed by atoms with Crippen LogP contribution in [0.3, 0.4) is 0 Å². The Morgan fingerprint density at radius 3 is 2.67 bits per heavy atom. The Bertz CT molecular complexity index is 766. The van der Waals surface area contributed by atoms with E-state index in [0.29, 0.717) is 6.61 Å². The van der Waals surface area contributed by atoms with Crippen molar-refractivity contribution < 1.29 is 9.47 Å². The minimum absolute atomic E-state index is 0.00961. The maximum Gasteiger partial charge on any atom is 0.130 e. The van der Waals surface area contributed by atoms with Crippen molar-refractivity contribution in [3.8, 4) is 5.75 Å². The highest BCUT2D eigenvalue weighted by Gasteiger charge is 2.07. The van der Waals surface area contributed by atoms with Crippen molar-refractivity contribution in [2.45, 2.75) is 39.7 Å². The van der Waals surface area contributed by atoms with Gasteiger partial charge in [0.2, 0.25) is 0 Å². The van der Waals surface area contributed by atoms with Crippen molar-refractivity contribution in [1.82, 2.24) is 4.98 Å². The van der Waals surface area contributed by atoms with Crippen LogP contribution < -0.4 is 10.1 Å². The molecule has 0 amide bonds. The molecule has 27 heavy (non-hydrogen) atoms. The average molecular weight is 367 g/mol. The number of benzene rings is 1. The zero-order valence-corrected chi connectivity index (χ0v) is 16.8. The molecule has 1 N–H and O–H groups in total. The van der Waals surface area contributed by atoms with Crippen LogP contribution in [-0.2, 0) is 4.74 Å². The number of pyridine rings is 1. The molecular weight excluding hydrogens is 336 g/mol. The number of anilines is 1. The summed E-state index contributed by atoms with van der Waals surface area (Å²) in [6.07, 6.45) is 6.18. The largest absolute Gasteiger partial charge is 0.488 e. The molecule has 1 unspecified atom stereocenters. The number of aromatic nitrogens is 1. The Labute approximate surface area is 162 Å². The van der Waals surface area contributed by atoms with E-state index in [1.54, 1.807) is 7.11 Å². The zero-order chi connectivity index (χ0) is 19.6. The molecule has 1 atom stereocenters. The maximum atomic E-state index is 5.86. The summed E-state index contributed by atoms with van der Waals surface area (Å²) in [4.78, 5) is 4.53. The third-order valence-electron chi connectivity index (χ3n) is 4.17. The van der Waals surface area contributed by atoms with Gasteiger partial charge in [-0.1, -0.05) is 38.6 Å². The molecule has 144 valence electrons. The van der Waals surface area contributed by atoms with Crippen molar-refractivity contribution in [2.75, 3.05) is 19.0 Å². The van der Waals surface area contributed by atoms with Crippen LogP contribution in [0.2, 0.25) is 0 Å². The number of ether oxygens (including phenoxy) is 2. The van der Waals surface area contributed by atoms with Crippen molar-refractivity contribution in [3.63, 3.8) is 0 Å². The number of allylic oxidation sites excluding steroid dienone is 2. The quantitative estimate of drug-likeness (QED) is 0.579. The summed E-state index contributed by atoms with van der Waals surface area (Å²) in [7, 11) is 1.67. The van der Waals surface area contributed by atoms with Gasteiger partial charge >= 0.3 is 0 Å². The lowest BCUT2D eigenvalue weighted by atomic mass is 10.0. The summed E-state index contributed by atoms with van der Waals surface area (Å²) < 4.78 is 11.0. The Morgan fingerprint density at radius 2 is 2.04 bits per heavy atom. The van der Waals surface area contributed by atoms with Crippen molar-refractivity contribution >= 4 is 17.1 Å². The summed E-state index contributed by atoms with van der Waals surface area (Å²) in [6.45, 7) is 11.0. The lowest BCUT2D eigenvalue weighted by molar-refractivity contribution is 0.0921. The molecule has 1 heterocycles. The Balaban J connectivity index is 2.05. The van der Waals surface area contributed by atoms with E-state index in [9.17, 15) is 0 Å². The summed E-state index contributed by atoms with van der Waals surface area (Å²) in [5.41, 5.74) is 4.23. The number of nitrogens with one attached hydrogen (secondary N) is 1. The maximum absolute atomic E-state index is 5.86. The fraction of sp³-hybridized carbons (Fsp3) is 0.348. The molecule has 2 aromatic rings. The summed E-state index contributed by atoms with van der Waals surface area (Å²) >= 11 is 0. The van der Waals surface area contributed by atoms with Crippen LogP contribution in [0.4, 0.5) is 5.82 Å². The first-order valence-corrected chi connectivity index (χ1v) is 9.44. The van der Waals surface area contributed by atoms with Gasteiger partial charge in [-0.3, -0.25) is 0 Å². The third kappa shape index (κ3) is 6.26. The predicted octanol–water partition coefficient (Wildman–Crippen LogP) is 5.78. The predicted molar refractivity (Wildman–Crippen MR) is 114 cm³/mol. The molecule has 2 rings (SSSR count). The summed E-state index contributed by atoms with van der Waals surface area (Å²) in [5.74, 6) is 1.57. The Morgan fingerprint density at radius 1 is 1.22 bits per heavy atom. The van der Waals surface area contributed by atoms with E-state index in [1.807, 2.05) is 43.5 Å². The van der Waals surface area contributed by atoms with Gasteiger partial charge in [-0.05, 0) is 55.2 Å². The smallest absolute Gasteiger partial charge is 0.130 e. The molecule has 4 nitrogen and oxygen atoms in total. The van der Waals surface area contributed by atoms with Gasteiger partial charge < -0.3 is 14.8 Å². The molecule has 0 bridgehead atoms. The molecule has 0 aliphatic carbocycles. The van der Waals surface area contributed by atoms with Crippen LogP contribution in [0.1, 0.15) is 44.7 Å². The third-order valence-corrected chi connectivity index (χ3v) is 4.17. The number of hydrogen-bond donors (Lipinski definition) is 1. The molecule has 1 aromatic carbocycles. The highest BCUT2D eigenvalue weighted by atomic mass is 16.5. The normalized spacial score (nSPS) is 12.5. The van der Waals surface area contributed by atoms with Gasteiger partial charge in [-0.15, -0.1) is 0 Å². The Kier molecular flexibility index (Phi) is 8.08. The molecule has 0 aliphatic rings. The molecule has 1 aromatic heterocycles. The zero-order valence-electron chi connectivity index (χ0n) is 16.8. The second-order valence-corrected chi connectivity index (χ2v) is 6.44. The SMILES string of the molecule is C=C(Nc1ccc(C(=CCC)CC)cn1)c1cccc(OC(C)COC)c1. The minimum Gasteiger partial charge on any atom is -0.488 e. The second-order valence-electron chi connectivity index (χ2n) is 6.44. The van der Waals surface area contributed by atoms with Crippen LogP contribution in [0.25, 0.3) is 11.3 Å². The van der Waals surface area contributed by atoms with Gasteiger partial charge in [0.1, 0.15) is 17.7 Å². The molecule has 4 heteroatoms. The van der Waals surface area contributed by atoms with E-state index in [4.69, 9.17) is 9.47 Å². The van der Waals surface area contributed by atoms with E-state index in [-0.39, 0.29) is 6.10 Å². The van der Waals surface area contributed by atoms with Crippen LogP contribution >= 0.6 is 0 Å². The first-order valence-electron chi connectivity index (χ1n) is 9.44. The lowest BCUT2D eigenvalue weighted by Crippen LogP contribution is -2.17. The van der Waals surface area contributed by atoms with Gasteiger partial charge in [0.05, 0.1) is 6.61 Å². The van der Waals surface area contributed by atoms with Crippen LogP contribution in [-0.4, -0.2) is 24.8 Å². The first-order chi connectivity index (χ1) is 13.1. The minimum atomic E-state index is -0.00961. The first kappa shape index (κ1) is 20.7. The monoisotopic (exact) mass is 366 g/mol. The number of methoxy groups -OCH3 is 1. The molecule has 0 saturated heterocycles. The van der Waals surface area contributed by atoms with E-state index < -0.39 is 0 Å². The summed E-state index contributed by atoms with van der Waals surface area (Å²) in [6, 6.07) is 11.9. The van der Waals surface area contributed by atoms with Crippen molar-refractivity contribution in [2.24, 2.45) is 0 Å². The molecular formula is C23H30N2O2. The molecule has 0 fully saturated rings. The molecule has 0 saturated carbocycles. The van der Waals surface area contributed by atoms with Crippen molar-refractivity contribution in [3.05, 3.63) is 66.4 Å². The van der Waals surface area contributed by atoms with Gasteiger partial charge in [0.25, 0.3) is 0 Å². The highest BCUT2D eigenvalue weighted by Crippen LogP contribution is 2.23. The van der Waals surface area contributed by atoms with Crippen LogP contribution in [0, 0.1) is 0 Å². The van der Waals surface area contributed by atoms with Crippen LogP contribution in [0.5, 0.6) is 5.75 Å². The van der Waals surface area contributed by atoms with Crippen molar-refractivity contribution in [1.29, 1.82) is 0 Å². The number of nitrogens with zero attached hydrogens (tertiary/aromatic N) is 1. The van der Waals surface area contributed by atoms with E-state index in [0.717, 1.165) is 41.2 Å². The van der Waals surface area contributed by atoms with E-state index >= 15 is 0 Å². The summed E-state index contributed by atoms with van der Waals surface area (Å²) in [5, 5.41) is 3.27. The number of rotatable bonds is 10. The highest BCUT2D eigenvalue weighted by molar-refractivity contribution is 5.75. The van der Waals surface area contributed by atoms with E-state index in [1.165, 1.54) is 5.57 Å². The van der Waals surface area contributed by atoms with Gasteiger partial charge in [-0.25, -0.2) is 4.98 Å². The fourth-order valence-electron chi connectivity index (χ4n) is 2.86. The molecule has 0 spiro atoms. The number of hydrogen-bond acceptors (Lipinski definition) is 4. The average Bonchev–Trinajstić information content (AvgIpc) is 2.67. The standard InChI is InChI=1S/C23H30N2O2/c1-6-9-19(7-2)21-12-13-23(24-15-21)25-18(4)20-10-8-11-22(14-20)27-17(3)16-26-5/h8-15,17H,4,6-7,16H2,1-3,5H3,(H,24,25). The Hall–Kier alpha value is -2.59. The van der Waals surface area contributed by atoms with Crippen LogP contribution in [0.15, 0.2) is 55.3 Å². The fourth-order valence-corrected chi connectivity index (χ4v) is 2.86. The van der Waals surface area contributed by atoms with Gasteiger partial charge in [0.15, 0.2) is 0 Å². The lowest BCUT2D eigenvalue weighted by Gasteiger charge is -2.15. The second kappa shape index (κ2) is 10.5. The molecule has 0 radical (unpaired) electrons. The van der Waals surface area contributed by atoms with E-state index in [2.05, 4.69) is 42.9 Å². The topological polar surface area (TPSA) is 43.4 Å². The van der Waals surface area contributed by atoms with Gasteiger partial charge in [0, 0.05) is 24.6 Å².